The molecule has 4 N–H and O–H groups in total. The van der Waals surface area contributed by atoms with Crippen molar-refractivity contribution in [2.24, 2.45) is 5.73 Å². The average molecular weight is 214 g/mol. The molecule has 1 heterocycles. The van der Waals surface area contributed by atoms with E-state index in [9.17, 15) is 5.11 Å². The number of aliphatic hydroxyl groups excluding tert-OH is 1. The zero-order valence-corrected chi connectivity index (χ0v) is 9.19. The summed E-state index contributed by atoms with van der Waals surface area (Å²) in [5, 5.41) is 13.0. The summed E-state index contributed by atoms with van der Waals surface area (Å²) in [5.74, 6) is 0. The molecule has 88 valence electrons. The quantitative estimate of drug-likeness (QED) is 0.605. The fraction of sp³-hybridized carbons (Fsp3) is 1.00. The average Bonchev–Trinajstić information content (AvgIpc) is 2.25. The van der Waals surface area contributed by atoms with Crippen LogP contribution in [0.4, 0.5) is 0 Å². The van der Waals surface area contributed by atoms with Gasteiger partial charge in [0.15, 0.2) is 0 Å². The number of nitrogens with two attached hydrogens (primary N) is 1. The Balaban J connectivity index is 1.75. The number of hydrogen-bond donors (Lipinski definition) is 3. The number of hydrogen-bond acceptors (Lipinski definition) is 4. The van der Waals surface area contributed by atoms with Gasteiger partial charge in [0.2, 0.25) is 0 Å². The topological polar surface area (TPSA) is 67.5 Å². The van der Waals surface area contributed by atoms with Gasteiger partial charge in [0.1, 0.15) is 0 Å². The van der Waals surface area contributed by atoms with Crippen LogP contribution in [0.3, 0.4) is 0 Å². The van der Waals surface area contributed by atoms with Crippen molar-refractivity contribution in [3.05, 3.63) is 0 Å². The zero-order valence-electron chi connectivity index (χ0n) is 9.19. The molecule has 4 nitrogen and oxygen atoms in total. The van der Waals surface area contributed by atoms with Crippen molar-refractivity contribution in [3.63, 3.8) is 0 Å². The zero-order chi connectivity index (χ0) is 10.7. The summed E-state index contributed by atoms with van der Waals surface area (Å²) in [7, 11) is 0. The summed E-state index contributed by atoms with van der Waals surface area (Å²) in [6, 6.07) is 1.08. The van der Waals surface area contributed by atoms with Gasteiger partial charge in [0, 0.05) is 24.7 Å². The predicted octanol–water partition coefficient (Wildman–Crippen LogP) is -0.00430. The standard InChI is InChI=1S/C11H22N2O2/c12-10-7-15-6-5-11(10)13-8-1-3-9(14)4-2-8/h8-11,13-14H,1-7,12H2/t8?,9?,10-,11?/m1/s1. The van der Waals surface area contributed by atoms with Gasteiger partial charge in [-0.3, -0.25) is 0 Å². The lowest BCUT2D eigenvalue weighted by Gasteiger charge is -2.35. The Morgan fingerprint density at radius 2 is 1.87 bits per heavy atom. The Labute approximate surface area is 91.2 Å². The molecule has 0 amide bonds. The minimum Gasteiger partial charge on any atom is -0.393 e. The number of ether oxygens (including phenoxy) is 1. The second kappa shape index (κ2) is 5.25. The molecule has 2 rings (SSSR count). The van der Waals surface area contributed by atoms with E-state index in [4.69, 9.17) is 10.5 Å². The first-order valence-corrected chi connectivity index (χ1v) is 6.03. The minimum absolute atomic E-state index is 0.0774. The lowest BCUT2D eigenvalue weighted by molar-refractivity contribution is 0.0522. The Morgan fingerprint density at radius 1 is 1.13 bits per heavy atom. The van der Waals surface area contributed by atoms with Crippen LogP contribution in [0.25, 0.3) is 0 Å². The third-order valence-corrected chi connectivity index (χ3v) is 3.55. The first-order chi connectivity index (χ1) is 7.25. The summed E-state index contributed by atoms with van der Waals surface area (Å²) in [5.41, 5.74) is 5.99. The number of rotatable bonds is 2. The van der Waals surface area contributed by atoms with Gasteiger partial charge < -0.3 is 20.9 Å². The third kappa shape index (κ3) is 3.14. The molecule has 2 aliphatic rings. The van der Waals surface area contributed by atoms with E-state index in [-0.39, 0.29) is 12.1 Å². The van der Waals surface area contributed by atoms with Crippen molar-refractivity contribution >= 4 is 0 Å². The fourth-order valence-electron chi connectivity index (χ4n) is 2.51. The van der Waals surface area contributed by atoms with Crippen LogP contribution in [0.15, 0.2) is 0 Å². The molecule has 0 aromatic heterocycles. The van der Waals surface area contributed by atoms with Crippen molar-refractivity contribution in [2.45, 2.75) is 56.3 Å². The summed E-state index contributed by atoms with van der Waals surface area (Å²) in [4.78, 5) is 0. The van der Waals surface area contributed by atoms with Gasteiger partial charge >= 0.3 is 0 Å². The second-order valence-corrected chi connectivity index (χ2v) is 4.81. The van der Waals surface area contributed by atoms with E-state index in [0.717, 1.165) is 38.7 Å². The van der Waals surface area contributed by atoms with Crippen LogP contribution in [0, 0.1) is 0 Å². The van der Waals surface area contributed by atoms with Crippen LogP contribution >= 0.6 is 0 Å². The first-order valence-electron chi connectivity index (χ1n) is 6.03. The monoisotopic (exact) mass is 214 g/mol. The summed E-state index contributed by atoms with van der Waals surface area (Å²) in [6.45, 7) is 1.49. The van der Waals surface area contributed by atoms with Crippen molar-refractivity contribution < 1.29 is 9.84 Å². The van der Waals surface area contributed by atoms with Crippen LogP contribution in [-0.2, 0) is 4.74 Å². The molecule has 0 spiro atoms. The highest BCUT2D eigenvalue weighted by atomic mass is 16.5. The molecule has 1 saturated carbocycles. The van der Waals surface area contributed by atoms with Gasteiger partial charge in [-0.2, -0.15) is 0 Å². The Bertz CT molecular complexity index is 193. The lowest BCUT2D eigenvalue weighted by atomic mass is 9.91. The Hall–Kier alpha value is -0.160. The summed E-state index contributed by atoms with van der Waals surface area (Å²) in [6.07, 6.45) is 4.94. The van der Waals surface area contributed by atoms with E-state index in [1.807, 2.05) is 0 Å². The fourth-order valence-corrected chi connectivity index (χ4v) is 2.51. The molecule has 1 aliphatic carbocycles. The third-order valence-electron chi connectivity index (χ3n) is 3.55. The minimum atomic E-state index is -0.0774. The Morgan fingerprint density at radius 3 is 2.53 bits per heavy atom. The van der Waals surface area contributed by atoms with Gasteiger partial charge in [-0.25, -0.2) is 0 Å². The molecular formula is C11H22N2O2. The van der Waals surface area contributed by atoms with Crippen molar-refractivity contribution in [1.82, 2.24) is 5.32 Å². The maximum Gasteiger partial charge on any atom is 0.0632 e. The van der Waals surface area contributed by atoms with Crippen LogP contribution in [0.1, 0.15) is 32.1 Å². The van der Waals surface area contributed by atoms with E-state index in [1.165, 1.54) is 0 Å². The number of nitrogens with one attached hydrogen (secondary N) is 1. The lowest BCUT2D eigenvalue weighted by Crippen LogP contribution is -2.54. The normalized spacial score (nSPS) is 42.8. The van der Waals surface area contributed by atoms with Gasteiger partial charge in [0.05, 0.1) is 12.7 Å². The molecule has 4 heteroatoms. The Kier molecular flexibility index (Phi) is 3.97. The van der Waals surface area contributed by atoms with Gasteiger partial charge in [-0.1, -0.05) is 0 Å². The van der Waals surface area contributed by atoms with Crippen molar-refractivity contribution in [3.8, 4) is 0 Å². The molecule has 1 unspecified atom stereocenters. The highest BCUT2D eigenvalue weighted by Crippen LogP contribution is 2.20. The summed E-state index contributed by atoms with van der Waals surface area (Å²) < 4.78 is 5.31. The van der Waals surface area contributed by atoms with Crippen molar-refractivity contribution in [2.75, 3.05) is 13.2 Å². The molecule has 0 aromatic carbocycles. The van der Waals surface area contributed by atoms with Gasteiger partial charge in [-0.05, 0) is 32.1 Å². The molecule has 1 aliphatic heterocycles. The first kappa shape index (κ1) is 11.3. The molecule has 0 aromatic rings. The molecule has 0 bridgehead atoms. The predicted molar refractivity (Wildman–Crippen MR) is 58.6 cm³/mol. The van der Waals surface area contributed by atoms with E-state index >= 15 is 0 Å². The molecule has 2 atom stereocenters. The van der Waals surface area contributed by atoms with Crippen LogP contribution in [0.2, 0.25) is 0 Å². The molecule has 15 heavy (non-hydrogen) atoms. The van der Waals surface area contributed by atoms with E-state index in [0.29, 0.717) is 18.7 Å². The molecular weight excluding hydrogens is 192 g/mol. The molecule has 0 radical (unpaired) electrons. The van der Waals surface area contributed by atoms with E-state index < -0.39 is 0 Å². The van der Waals surface area contributed by atoms with E-state index in [2.05, 4.69) is 5.32 Å². The van der Waals surface area contributed by atoms with Crippen LogP contribution < -0.4 is 11.1 Å². The highest BCUT2D eigenvalue weighted by molar-refractivity contribution is 4.87. The second-order valence-electron chi connectivity index (χ2n) is 4.81. The molecule has 1 saturated heterocycles. The van der Waals surface area contributed by atoms with Crippen molar-refractivity contribution in [1.29, 1.82) is 0 Å². The highest BCUT2D eigenvalue weighted by Gasteiger charge is 2.26. The van der Waals surface area contributed by atoms with Crippen LogP contribution in [0.5, 0.6) is 0 Å². The number of aliphatic hydroxyl groups is 1. The SMILES string of the molecule is N[C@@H]1COCCC1NC1CCC(O)CC1. The molecule has 2 fully saturated rings. The maximum absolute atomic E-state index is 9.41. The van der Waals surface area contributed by atoms with E-state index in [1.54, 1.807) is 0 Å². The van der Waals surface area contributed by atoms with Gasteiger partial charge in [0.25, 0.3) is 0 Å². The maximum atomic E-state index is 9.41. The summed E-state index contributed by atoms with van der Waals surface area (Å²) >= 11 is 0. The largest absolute Gasteiger partial charge is 0.393 e. The van der Waals surface area contributed by atoms with Crippen LogP contribution in [-0.4, -0.2) is 42.5 Å². The van der Waals surface area contributed by atoms with Gasteiger partial charge in [-0.15, -0.1) is 0 Å². The smallest absolute Gasteiger partial charge is 0.0632 e.